The minimum atomic E-state index is -0.467. The summed E-state index contributed by atoms with van der Waals surface area (Å²) in [7, 11) is 1.39. The Bertz CT molecular complexity index is 939. The fourth-order valence-corrected chi connectivity index (χ4v) is 4.13. The van der Waals surface area contributed by atoms with Gasteiger partial charge in [0.2, 0.25) is 5.96 Å². The molecule has 1 saturated carbocycles. The number of methoxy groups -OCH3 is 1. The van der Waals surface area contributed by atoms with Crippen molar-refractivity contribution in [1.29, 1.82) is 5.26 Å². The number of aliphatic hydroxyl groups excluding tert-OH is 1. The van der Waals surface area contributed by atoms with Crippen molar-refractivity contribution in [1.82, 2.24) is 16.0 Å². The van der Waals surface area contributed by atoms with Crippen LogP contribution in [0.1, 0.15) is 38.2 Å². The van der Waals surface area contributed by atoms with E-state index in [1.165, 1.54) is 13.2 Å². The molecule has 0 atom stereocenters. The lowest BCUT2D eigenvalue weighted by Gasteiger charge is -2.41. The van der Waals surface area contributed by atoms with Gasteiger partial charge in [-0.3, -0.25) is 15.1 Å². The van der Waals surface area contributed by atoms with Gasteiger partial charge in [-0.2, -0.15) is 5.26 Å². The van der Waals surface area contributed by atoms with Gasteiger partial charge >= 0.3 is 0 Å². The highest BCUT2D eigenvalue weighted by Crippen LogP contribution is 2.39. The first-order chi connectivity index (χ1) is 15.9. The molecule has 176 valence electrons. The van der Waals surface area contributed by atoms with Gasteiger partial charge in [0.25, 0.3) is 5.91 Å². The van der Waals surface area contributed by atoms with E-state index < -0.39 is 5.91 Å². The summed E-state index contributed by atoms with van der Waals surface area (Å²) in [5.41, 5.74) is 0.836. The summed E-state index contributed by atoms with van der Waals surface area (Å²) in [4.78, 5) is 17.2. The number of rotatable bonds is 9. The second kappa shape index (κ2) is 12.3. The molecule has 0 radical (unpaired) electrons. The summed E-state index contributed by atoms with van der Waals surface area (Å²) >= 11 is 0. The Balaban J connectivity index is 2.20. The zero-order valence-electron chi connectivity index (χ0n) is 19.4. The van der Waals surface area contributed by atoms with Crippen molar-refractivity contribution < 1.29 is 14.6 Å². The van der Waals surface area contributed by atoms with Crippen molar-refractivity contribution >= 4 is 11.9 Å². The fraction of sp³-hybridized carbons (Fsp3) is 0.400. The van der Waals surface area contributed by atoms with Gasteiger partial charge in [-0.05, 0) is 44.2 Å². The Morgan fingerprint density at radius 2 is 2.03 bits per heavy atom. The highest BCUT2D eigenvalue weighted by molar-refractivity contribution is 5.98. The highest BCUT2D eigenvalue weighted by Gasteiger charge is 2.38. The van der Waals surface area contributed by atoms with E-state index in [4.69, 9.17) is 10.00 Å². The first-order valence-electron chi connectivity index (χ1n) is 11.0. The van der Waals surface area contributed by atoms with E-state index >= 15 is 0 Å². The number of carbonyl (C=O) groups is 1. The Morgan fingerprint density at radius 1 is 1.36 bits per heavy atom. The Morgan fingerprint density at radius 3 is 2.58 bits per heavy atom. The van der Waals surface area contributed by atoms with Crippen LogP contribution in [0.2, 0.25) is 0 Å². The number of amides is 1. The maximum Gasteiger partial charge on any atom is 0.258 e. The number of carbonyl (C=O) groups excluding carboxylic acids is 1. The third kappa shape index (κ3) is 6.62. The zero-order valence-corrected chi connectivity index (χ0v) is 19.4. The molecule has 0 spiro atoms. The van der Waals surface area contributed by atoms with Crippen LogP contribution in [0, 0.1) is 11.5 Å². The number of hydrogen-bond donors (Lipinski definition) is 4. The van der Waals surface area contributed by atoms with Crippen LogP contribution < -0.4 is 16.0 Å². The number of nitrogens with one attached hydrogen (secondary N) is 3. The van der Waals surface area contributed by atoms with Crippen LogP contribution in [0.3, 0.4) is 0 Å². The van der Waals surface area contributed by atoms with Crippen molar-refractivity contribution in [2.45, 2.75) is 44.1 Å². The second-order valence-corrected chi connectivity index (χ2v) is 7.90. The van der Waals surface area contributed by atoms with Crippen LogP contribution in [-0.2, 0) is 14.9 Å². The molecule has 1 aromatic rings. The van der Waals surface area contributed by atoms with Gasteiger partial charge in [0.15, 0.2) is 6.19 Å². The lowest BCUT2D eigenvalue weighted by Crippen LogP contribution is -2.49. The largest absolute Gasteiger partial charge is 0.507 e. The summed E-state index contributed by atoms with van der Waals surface area (Å²) in [6, 6.07) is 10.3. The van der Waals surface area contributed by atoms with Crippen LogP contribution in [0.5, 0.6) is 0 Å². The van der Waals surface area contributed by atoms with Crippen LogP contribution in [-0.4, -0.2) is 43.2 Å². The van der Waals surface area contributed by atoms with E-state index in [2.05, 4.69) is 46.2 Å². The number of hydrogen-bond acceptors (Lipinski definition) is 5. The van der Waals surface area contributed by atoms with Gasteiger partial charge in [0.1, 0.15) is 17.1 Å². The number of guanidine groups is 1. The molecule has 0 unspecified atom stereocenters. The molecule has 0 saturated heterocycles. The average molecular weight is 452 g/mol. The van der Waals surface area contributed by atoms with Gasteiger partial charge < -0.3 is 20.5 Å². The van der Waals surface area contributed by atoms with E-state index in [1.54, 1.807) is 0 Å². The number of ether oxygens (including phenoxy) is 1. The molecule has 1 fully saturated rings. The molecule has 2 rings (SSSR count). The molecule has 1 aliphatic carbocycles. The van der Waals surface area contributed by atoms with Crippen molar-refractivity contribution in [3.8, 4) is 6.19 Å². The van der Waals surface area contributed by atoms with Crippen molar-refractivity contribution in [2.24, 2.45) is 4.99 Å². The molecule has 0 aromatic heterocycles. The van der Waals surface area contributed by atoms with Crippen LogP contribution >= 0.6 is 0 Å². The van der Waals surface area contributed by atoms with Crippen LogP contribution in [0.15, 0.2) is 71.6 Å². The number of benzene rings is 1. The summed E-state index contributed by atoms with van der Waals surface area (Å²) in [6.45, 7) is 10.1. The van der Waals surface area contributed by atoms with Crippen molar-refractivity contribution in [3.05, 3.63) is 72.2 Å². The molecule has 8 heteroatoms. The molecule has 8 nitrogen and oxygen atoms in total. The van der Waals surface area contributed by atoms with Gasteiger partial charge in [-0.15, -0.1) is 0 Å². The quantitative estimate of drug-likeness (QED) is 0.0871. The number of aliphatic imine (C=N–C) groups is 1. The van der Waals surface area contributed by atoms with E-state index in [9.17, 15) is 9.90 Å². The lowest BCUT2D eigenvalue weighted by atomic mass is 9.68. The number of nitriles is 1. The Labute approximate surface area is 195 Å². The molecular formula is C25H33N5O3. The van der Waals surface area contributed by atoms with Gasteiger partial charge in [0.05, 0.1) is 7.11 Å². The summed E-state index contributed by atoms with van der Waals surface area (Å²) in [5, 5.41) is 28.0. The Kier molecular flexibility index (Phi) is 9.55. The molecule has 0 bridgehead atoms. The third-order valence-electron chi connectivity index (χ3n) is 5.95. The molecule has 0 heterocycles. The first-order valence-corrected chi connectivity index (χ1v) is 11.0. The van der Waals surface area contributed by atoms with E-state index in [1.807, 2.05) is 31.3 Å². The summed E-state index contributed by atoms with van der Waals surface area (Å²) < 4.78 is 5.08. The highest BCUT2D eigenvalue weighted by atomic mass is 16.5. The topological polar surface area (TPSA) is 119 Å². The predicted molar refractivity (Wildman–Crippen MR) is 129 cm³/mol. The second-order valence-electron chi connectivity index (χ2n) is 7.90. The molecule has 1 aliphatic rings. The van der Waals surface area contributed by atoms with Gasteiger partial charge in [-0.25, -0.2) is 0 Å². The molecule has 33 heavy (non-hydrogen) atoms. The lowest BCUT2D eigenvalue weighted by molar-refractivity contribution is -0.118. The Hall–Kier alpha value is -3.73. The normalized spacial score (nSPS) is 21.1. The number of aliphatic hydroxyl groups is 1. The fourth-order valence-electron chi connectivity index (χ4n) is 4.13. The molecule has 4 N–H and O–H groups in total. The smallest absolute Gasteiger partial charge is 0.258 e. The maximum atomic E-state index is 12.9. The minimum absolute atomic E-state index is 0.0333. The molecule has 1 amide bonds. The molecule has 0 aliphatic heterocycles. The standard InChI is InChI=1S/C25H33N5O3/c1-5-21(31)22(18(3)33-4)23(32)28-16-25(19-10-8-7-9-11-19)14-12-20(13-15-25)30-24(27-6-2)29-17-26/h5,7-11,20,31H,1,3,6,12-16H2,2,4H3,(H,28,32)(H2,27,29,30)/b22-21-. The van der Waals surface area contributed by atoms with Crippen molar-refractivity contribution in [3.63, 3.8) is 0 Å². The maximum absolute atomic E-state index is 12.9. The third-order valence-corrected chi connectivity index (χ3v) is 5.95. The van der Waals surface area contributed by atoms with E-state index in [0.717, 1.165) is 31.2 Å². The summed E-state index contributed by atoms with van der Waals surface area (Å²) in [5.74, 6) is -0.197. The monoisotopic (exact) mass is 451 g/mol. The average Bonchev–Trinajstić information content (AvgIpc) is 2.84. The van der Waals surface area contributed by atoms with Crippen LogP contribution in [0.25, 0.3) is 0 Å². The minimum Gasteiger partial charge on any atom is -0.507 e. The van der Waals surface area contributed by atoms with Crippen LogP contribution in [0.4, 0.5) is 0 Å². The van der Waals surface area contributed by atoms with Gasteiger partial charge in [-0.1, -0.05) is 43.5 Å². The van der Waals surface area contributed by atoms with Crippen molar-refractivity contribution in [2.75, 3.05) is 20.2 Å². The number of nitrogens with zero attached hydrogens (tertiary/aromatic N) is 2. The van der Waals surface area contributed by atoms with Gasteiger partial charge in [0, 0.05) is 24.5 Å². The predicted octanol–water partition coefficient (Wildman–Crippen LogP) is 3.18. The SMILES string of the molecule is C=C/C(O)=C(\C(=C)OC)C(=O)NCC1(c2ccccc2)CCC(NC(=NCC)NC#N)CC1. The zero-order chi connectivity index (χ0) is 24.3. The number of allylic oxidation sites excluding steroid dienone is 1. The molecular weight excluding hydrogens is 418 g/mol. The van der Waals surface area contributed by atoms with E-state index in [-0.39, 0.29) is 28.5 Å². The summed E-state index contributed by atoms with van der Waals surface area (Å²) in [6.07, 6.45) is 6.42. The molecule has 1 aromatic carbocycles. The van der Waals surface area contributed by atoms with E-state index in [0.29, 0.717) is 19.0 Å². The first kappa shape index (κ1) is 25.5.